The van der Waals surface area contributed by atoms with E-state index < -0.39 is 29.6 Å². The number of unbranched alkanes of at least 4 members (excludes halogenated alkanes) is 1. The van der Waals surface area contributed by atoms with E-state index in [9.17, 15) is 19.5 Å². The van der Waals surface area contributed by atoms with E-state index in [1.807, 2.05) is 36.4 Å². The number of nitrogens with one attached hydrogen (secondary N) is 2. The average Bonchev–Trinajstić information content (AvgIpc) is 3.47. The minimum absolute atomic E-state index is 0.0111. The Hall–Kier alpha value is -2.71. The number of carbonyl (C=O) groups is 3. The molecule has 0 aliphatic carbocycles. The zero-order valence-electron chi connectivity index (χ0n) is 23.3. The second kappa shape index (κ2) is 13.9. The molecule has 0 bridgehead atoms. The van der Waals surface area contributed by atoms with Gasteiger partial charge in [-0.1, -0.05) is 56.7 Å². The van der Waals surface area contributed by atoms with Gasteiger partial charge in [-0.25, -0.2) is 0 Å². The quantitative estimate of drug-likeness (QED) is 0.256. The molecule has 0 radical (unpaired) electrons. The van der Waals surface area contributed by atoms with Gasteiger partial charge in [0, 0.05) is 25.6 Å². The van der Waals surface area contributed by atoms with E-state index >= 15 is 0 Å². The highest BCUT2D eigenvalue weighted by atomic mass is 16.3. The number of nitrogens with zero attached hydrogens (tertiary/aromatic N) is 2. The first-order valence-electron chi connectivity index (χ1n) is 14.2. The fraction of sp³-hybridized carbons (Fsp3) is 0.633. The van der Waals surface area contributed by atoms with Crippen LogP contribution in [0.2, 0.25) is 0 Å². The lowest BCUT2D eigenvalue weighted by Gasteiger charge is -2.34. The van der Waals surface area contributed by atoms with E-state index in [-0.39, 0.29) is 24.1 Å². The number of carbonyl (C=O) groups excluding carboxylic acids is 3. The summed E-state index contributed by atoms with van der Waals surface area (Å²) < 4.78 is 0. The lowest BCUT2D eigenvalue weighted by molar-refractivity contribution is -0.143. The minimum Gasteiger partial charge on any atom is -0.391 e. The van der Waals surface area contributed by atoms with Gasteiger partial charge in [-0.05, 0) is 57.6 Å². The van der Waals surface area contributed by atoms with Crippen molar-refractivity contribution < 1.29 is 19.5 Å². The normalized spacial score (nSPS) is 22.7. The standard InChI is InChI=1S/C30H46N4O4/c1-5-7-16-31-27(36)22(3)20-26(35)25(21-24-12-9-8-10-13-24)32-28(37)23(4)34-19-15-30(29(34)38)14-11-18-33(30)17-6-2/h6,8-10,12-13,22-23,25-26,35H,2,5,7,11,14-21H2,1,3-4H3,(H,31,36)(H,32,37)/t22-,23+,25+,26+,30+/m1/s1. The van der Waals surface area contributed by atoms with Crippen LogP contribution in [0.15, 0.2) is 43.0 Å². The third-order valence-corrected chi connectivity index (χ3v) is 8.21. The Morgan fingerprint density at radius 1 is 1.16 bits per heavy atom. The summed E-state index contributed by atoms with van der Waals surface area (Å²) in [5.74, 6) is -0.766. The predicted molar refractivity (Wildman–Crippen MR) is 149 cm³/mol. The monoisotopic (exact) mass is 526 g/mol. The first-order chi connectivity index (χ1) is 18.2. The third kappa shape index (κ3) is 7.03. The first kappa shape index (κ1) is 29.8. The Morgan fingerprint density at radius 3 is 2.58 bits per heavy atom. The summed E-state index contributed by atoms with van der Waals surface area (Å²) in [6, 6.07) is 8.43. The highest BCUT2D eigenvalue weighted by Crippen LogP contribution is 2.39. The van der Waals surface area contributed by atoms with E-state index in [1.165, 1.54) is 0 Å². The molecule has 1 aromatic rings. The van der Waals surface area contributed by atoms with Gasteiger partial charge in [0.2, 0.25) is 17.7 Å². The summed E-state index contributed by atoms with van der Waals surface area (Å²) in [6.07, 6.45) is 5.94. The van der Waals surface area contributed by atoms with Crippen LogP contribution >= 0.6 is 0 Å². The topological polar surface area (TPSA) is 102 Å². The number of rotatable bonds is 14. The van der Waals surface area contributed by atoms with E-state index in [0.717, 1.165) is 37.8 Å². The number of benzene rings is 1. The Kier molecular flexibility index (Phi) is 10.9. The van der Waals surface area contributed by atoms with Crippen molar-refractivity contribution in [3.63, 3.8) is 0 Å². The van der Waals surface area contributed by atoms with E-state index in [1.54, 1.807) is 18.7 Å². The smallest absolute Gasteiger partial charge is 0.243 e. The van der Waals surface area contributed by atoms with Crippen molar-refractivity contribution in [2.45, 2.75) is 89.4 Å². The Morgan fingerprint density at radius 2 is 1.89 bits per heavy atom. The molecule has 2 heterocycles. The largest absolute Gasteiger partial charge is 0.391 e. The number of aliphatic hydroxyl groups is 1. The molecule has 0 saturated carbocycles. The molecule has 2 aliphatic rings. The van der Waals surface area contributed by atoms with Crippen molar-refractivity contribution in [2.24, 2.45) is 5.92 Å². The molecule has 38 heavy (non-hydrogen) atoms. The number of hydrogen-bond acceptors (Lipinski definition) is 5. The molecule has 3 rings (SSSR count). The van der Waals surface area contributed by atoms with Gasteiger partial charge in [0.15, 0.2) is 0 Å². The van der Waals surface area contributed by atoms with Crippen LogP contribution in [-0.2, 0) is 20.8 Å². The van der Waals surface area contributed by atoms with Gasteiger partial charge in [-0.15, -0.1) is 6.58 Å². The fourth-order valence-corrected chi connectivity index (χ4v) is 5.82. The minimum atomic E-state index is -0.920. The second-order valence-electron chi connectivity index (χ2n) is 10.9. The number of likely N-dealkylation sites (tertiary alicyclic amines) is 2. The SMILES string of the molecule is C=CCN1CCC[C@@]12CCN([C@@H](C)C(=O)N[C@@H](Cc1ccccc1)[C@@H](O)C[C@@H](C)C(=O)NCCCC)C2=O. The summed E-state index contributed by atoms with van der Waals surface area (Å²) in [5, 5.41) is 17.1. The highest BCUT2D eigenvalue weighted by Gasteiger charge is 2.54. The van der Waals surface area contributed by atoms with Crippen molar-refractivity contribution in [2.75, 3.05) is 26.2 Å². The van der Waals surface area contributed by atoms with Gasteiger partial charge in [0.25, 0.3) is 0 Å². The van der Waals surface area contributed by atoms with Crippen LogP contribution < -0.4 is 10.6 Å². The molecule has 2 saturated heterocycles. The maximum absolute atomic E-state index is 13.6. The van der Waals surface area contributed by atoms with Crippen molar-refractivity contribution in [3.05, 3.63) is 48.6 Å². The van der Waals surface area contributed by atoms with Crippen molar-refractivity contribution in [1.82, 2.24) is 20.4 Å². The fourth-order valence-electron chi connectivity index (χ4n) is 5.82. The molecule has 5 atom stereocenters. The van der Waals surface area contributed by atoms with Crippen LogP contribution in [0.3, 0.4) is 0 Å². The lowest BCUT2D eigenvalue weighted by atomic mass is 9.93. The van der Waals surface area contributed by atoms with Crippen LogP contribution in [0.1, 0.15) is 64.9 Å². The Labute approximate surface area is 227 Å². The van der Waals surface area contributed by atoms with Crippen LogP contribution in [0.5, 0.6) is 0 Å². The van der Waals surface area contributed by atoms with Crippen LogP contribution in [0.4, 0.5) is 0 Å². The van der Waals surface area contributed by atoms with Gasteiger partial charge in [-0.2, -0.15) is 0 Å². The van der Waals surface area contributed by atoms with E-state index in [4.69, 9.17) is 0 Å². The average molecular weight is 527 g/mol. The zero-order valence-corrected chi connectivity index (χ0v) is 23.3. The highest BCUT2D eigenvalue weighted by molar-refractivity contribution is 5.94. The zero-order chi connectivity index (χ0) is 27.7. The number of aliphatic hydroxyl groups excluding tert-OH is 1. The first-order valence-corrected chi connectivity index (χ1v) is 14.2. The van der Waals surface area contributed by atoms with Crippen LogP contribution in [-0.4, -0.2) is 82.5 Å². The third-order valence-electron chi connectivity index (χ3n) is 8.21. The summed E-state index contributed by atoms with van der Waals surface area (Å²) in [7, 11) is 0. The maximum Gasteiger partial charge on any atom is 0.243 e. The number of hydrogen-bond donors (Lipinski definition) is 3. The molecule has 8 nitrogen and oxygen atoms in total. The predicted octanol–water partition coefficient (Wildman–Crippen LogP) is 2.66. The molecule has 0 aromatic heterocycles. The summed E-state index contributed by atoms with van der Waals surface area (Å²) in [5.41, 5.74) is 0.443. The van der Waals surface area contributed by atoms with Crippen LogP contribution in [0.25, 0.3) is 0 Å². The van der Waals surface area contributed by atoms with Gasteiger partial charge in [0.1, 0.15) is 11.6 Å². The van der Waals surface area contributed by atoms with Gasteiger partial charge < -0.3 is 20.6 Å². The molecule has 0 unspecified atom stereocenters. The lowest BCUT2D eigenvalue weighted by Crippen LogP contribution is -2.56. The van der Waals surface area contributed by atoms with Crippen LogP contribution in [0, 0.1) is 5.92 Å². The second-order valence-corrected chi connectivity index (χ2v) is 10.9. The van der Waals surface area contributed by atoms with Crippen molar-refractivity contribution >= 4 is 17.7 Å². The molecular weight excluding hydrogens is 480 g/mol. The summed E-state index contributed by atoms with van der Waals surface area (Å²) in [4.78, 5) is 43.4. The van der Waals surface area contributed by atoms with E-state index in [0.29, 0.717) is 32.5 Å². The van der Waals surface area contributed by atoms with E-state index in [2.05, 4.69) is 29.0 Å². The van der Waals surface area contributed by atoms with Gasteiger partial charge in [0.05, 0.1) is 12.1 Å². The Bertz CT molecular complexity index is 955. The molecule has 3 N–H and O–H groups in total. The summed E-state index contributed by atoms with van der Waals surface area (Å²) >= 11 is 0. The van der Waals surface area contributed by atoms with Crippen molar-refractivity contribution in [1.29, 1.82) is 0 Å². The van der Waals surface area contributed by atoms with Crippen molar-refractivity contribution in [3.8, 4) is 0 Å². The molecular formula is C30H46N4O4. The molecule has 2 fully saturated rings. The molecule has 1 spiro atoms. The summed E-state index contributed by atoms with van der Waals surface area (Å²) in [6.45, 7) is 12.1. The molecule has 1 aromatic carbocycles. The molecule has 210 valence electrons. The molecule has 8 heteroatoms. The van der Waals surface area contributed by atoms with Gasteiger partial charge in [-0.3, -0.25) is 19.3 Å². The molecule has 2 aliphatic heterocycles. The Balaban J connectivity index is 1.68. The molecule has 3 amide bonds. The maximum atomic E-state index is 13.6. The van der Waals surface area contributed by atoms with Gasteiger partial charge >= 0.3 is 0 Å². The number of amides is 3.